The average Bonchev–Trinajstić information content (AvgIpc) is 3.33. The Bertz CT molecular complexity index is 482. The molecule has 110 valence electrons. The second-order valence-electron chi connectivity index (χ2n) is 6.46. The molecule has 0 spiro atoms. The van der Waals surface area contributed by atoms with Crippen molar-refractivity contribution < 1.29 is 0 Å². The van der Waals surface area contributed by atoms with Crippen LogP contribution in [0.5, 0.6) is 0 Å². The van der Waals surface area contributed by atoms with Crippen molar-refractivity contribution >= 4 is 11.6 Å². The van der Waals surface area contributed by atoms with Gasteiger partial charge in [0.1, 0.15) is 17.5 Å². The fourth-order valence-electron chi connectivity index (χ4n) is 2.56. The van der Waals surface area contributed by atoms with Gasteiger partial charge >= 0.3 is 0 Å². The minimum absolute atomic E-state index is 0.596. The standard InChI is InChI=1S/C16H26N4/c1-4-7-17-14-11(3)15(18-9-13-8-10(13)2)20-16(19-14)12-5-6-12/h10,12-13H,4-9H2,1-3H3,(H2,17,18,19,20). The zero-order chi connectivity index (χ0) is 14.1. The van der Waals surface area contributed by atoms with Crippen LogP contribution in [-0.4, -0.2) is 23.1 Å². The highest BCUT2D eigenvalue weighted by Gasteiger charge is 2.32. The summed E-state index contributed by atoms with van der Waals surface area (Å²) in [6.07, 6.45) is 4.96. The van der Waals surface area contributed by atoms with Crippen LogP contribution in [0.4, 0.5) is 11.6 Å². The molecule has 1 aromatic rings. The molecule has 2 N–H and O–H groups in total. The number of nitrogens with one attached hydrogen (secondary N) is 2. The lowest BCUT2D eigenvalue weighted by Crippen LogP contribution is -2.13. The third-order valence-corrected chi connectivity index (χ3v) is 4.46. The third-order valence-electron chi connectivity index (χ3n) is 4.46. The molecule has 2 unspecified atom stereocenters. The first-order valence-electron chi connectivity index (χ1n) is 8.05. The molecule has 3 rings (SSSR count). The van der Waals surface area contributed by atoms with Crippen LogP contribution in [0.2, 0.25) is 0 Å². The summed E-state index contributed by atoms with van der Waals surface area (Å²) in [4.78, 5) is 9.49. The second kappa shape index (κ2) is 5.58. The predicted octanol–water partition coefficient (Wildman–Crippen LogP) is 3.55. The lowest BCUT2D eigenvalue weighted by molar-refractivity contribution is 0.780. The van der Waals surface area contributed by atoms with E-state index in [2.05, 4.69) is 31.4 Å². The van der Waals surface area contributed by atoms with E-state index in [1.165, 1.54) is 19.3 Å². The van der Waals surface area contributed by atoms with Crippen molar-refractivity contribution in [3.8, 4) is 0 Å². The van der Waals surface area contributed by atoms with Crippen molar-refractivity contribution in [1.29, 1.82) is 0 Å². The molecule has 4 nitrogen and oxygen atoms in total. The number of hydrogen-bond donors (Lipinski definition) is 2. The lowest BCUT2D eigenvalue weighted by atomic mass is 10.2. The van der Waals surface area contributed by atoms with Gasteiger partial charge in [0.05, 0.1) is 0 Å². The Morgan fingerprint density at radius 1 is 1.15 bits per heavy atom. The van der Waals surface area contributed by atoms with Crippen LogP contribution in [-0.2, 0) is 0 Å². The highest BCUT2D eigenvalue weighted by molar-refractivity contribution is 5.57. The van der Waals surface area contributed by atoms with Crippen molar-refractivity contribution in [2.45, 2.75) is 52.4 Å². The molecule has 1 heterocycles. The SMILES string of the molecule is CCCNc1nc(C2CC2)nc(NCC2CC2C)c1C. The minimum atomic E-state index is 0.596. The van der Waals surface area contributed by atoms with Crippen LogP contribution in [0, 0.1) is 18.8 Å². The first-order valence-corrected chi connectivity index (χ1v) is 8.05. The van der Waals surface area contributed by atoms with E-state index >= 15 is 0 Å². The smallest absolute Gasteiger partial charge is 0.136 e. The molecule has 2 atom stereocenters. The van der Waals surface area contributed by atoms with E-state index in [0.29, 0.717) is 5.92 Å². The zero-order valence-corrected chi connectivity index (χ0v) is 12.9. The maximum Gasteiger partial charge on any atom is 0.136 e. The number of hydrogen-bond acceptors (Lipinski definition) is 4. The van der Waals surface area contributed by atoms with Gasteiger partial charge in [-0.25, -0.2) is 9.97 Å². The second-order valence-corrected chi connectivity index (χ2v) is 6.46. The van der Waals surface area contributed by atoms with Crippen LogP contribution in [0.3, 0.4) is 0 Å². The summed E-state index contributed by atoms with van der Waals surface area (Å²) in [5.74, 6) is 5.40. The summed E-state index contributed by atoms with van der Waals surface area (Å²) >= 11 is 0. The fourth-order valence-corrected chi connectivity index (χ4v) is 2.56. The Morgan fingerprint density at radius 3 is 2.35 bits per heavy atom. The highest BCUT2D eigenvalue weighted by atomic mass is 15.1. The van der Waals surface area contributed by atoms with Gasteiger partial charge in [-0.1, -0.05) is 13.8 Å². The molecule has 0 saturated heterocycles. The number of nitrogens with zero attached hydrogens (tertiary/aromatic N) is 2. The molecule has 2 saturated carbocycles. The van der Waals surface area contributed by atoms with Gasteiger partial charge in [0, 0.05) is 24.6 Å². The number of rotatable bonds is 7. The molecular formula is C16H26N4. The summed E-state index contributed by atoms with van der Waals surface area (Å²) in [6.45, 7) is 8.65. The van der Waals surface area contributed by atoms with E-state index in [0.717, 1.165) is 54.4 Å². The average molecular weight is 274 g/mol. The Kier molecular flexibility index (Phi) is 3.81. The van der Waals surface area contributed by atoms with Crippen molar-refractivity contribution in [3.05, 3.63) is 11.4 Å². The normalized spacial score (nSPS) is 24.6. The summed E-state index contributed by atoms with van der Waals surface area (Å²) in [5, 5.41) is 7.00. The highest BCUT2D eigenvalue weighted by Crippen LogP contribution is 2.40. The molecule has 0 aliphatic heterocycles. The van der Waals surface area contributed by atoms with Crippen LogP contribution in [0.1, 0.15) is 56.8 Å². The quantitative estimate of drug-likeness (QED) is 0.798. The summed E-state index contributed by atoms with van der Waals surface area (Å²) in [5.41, 5.74) is 1.16. The summed E-state index contributed by atoms with van der Waals surface area (Å²) < 4.78 is 0. The Hall–Kier alpha value is -1.32. The number of anilines is 2. The molecule has 4 heteroatoms. The largest absolute Gasteiger partial charge is 0.370 e. The molecule has 0 amide bonds. The van der Waals surface area contributed by atoms with Crippen molar-refractivity contribution in [3.63, 3.8) is 0 Å². The predicted molar refractivity (Wildman–Crippen MR) is 83.3 cm³/mol. The van der Waals surface area contributed by atoms with E-state index in [1.54, 1.807) is 0 Å². The van der Waals surface area contributed by atoms with E-state index < -0.39 is 0 Å². The van der Waals surface area contributed by atoms with Gasteiger partial charge in [-0.05, 0) is 44.4 Å². The van der Waals surface area contributed by atoms with Gasteiger partial charge in [-0.2, -0.15) is 0 Å². The minimum Gasteiger partial charge on any atom is -0.370 e. The Labute approximate surface area is 121 Å². The topological polar surface area (TPSA) is 49.8 Å². The Morgan fingerprint density at radius 2 is 1.80 bits per heavy atom. The lowest BCUT2D eigenvalue weighted by Gasteiger charge is -2.15. The van der Waals surface area contributed by atoms with Gasteiger partial charge in [-0.3, -0.25) is 0 Å². The molecule has 0 aromatic carbocycles. The molecular weight excluding hydrogens is 248 g/mol. The maximum absolute atomic E-state index is 4.77. The fraction of sp³-hybridized carbons (Fsp3) is 0.750. The van der Waals surface area contributed by atoms with Gasteiger partial charge in [-0.15, -0.1) is 0 Å². The molecule has 2 fully saturated rings. The molecule has 1 aromatic heterocycles. The van der Waals surface area contributed by atoms with E-state index in [1.807, 2.05) is 0 Å². The van der Waals surface area contributed by atoms with Gasteiger partial charge < -0.3 is 10.6 Å². The van der Waals surface area contributed by atoms with Gasteiger partial charge in [0.15, 0.2) is 0 Å². The zero-order valence-electron chi connectivity index (χ0n) is 12.9. The first-order chi connectivity index (χ1) is 9.69. The first kappa shape index (κ1) is 13.7. The number of aromatic nitrogens is 2. The Balaban J connectivity index is 1.76. The maximum atomic E-state index is 4.77. The van der Waals surface area contributed by atoms with Crippen LogP contribution in [0.15, 0.2) is 0 Å². The summed E-state index contributed by atoms with van der Waals surface area (Å²) in [6, 6.07) is 0. The molecule has 2 aliphatic carbocycles. The van der Waals surface area contributed by atoms with Crippen molar-refractivity contribution in [2.24, 2.45) is 11.8 Å². The van der Waals surface area contributed by atoms with E-state index in [4.69, 9.17) is 9.97 Å². The van der Waals surface area contributed by atoms with Crippen LogP contribution >= 0.6 is 0 Å². The monoisotopic (exact) mass is 274 g/mol. The van der Waals surface area contributed by atoms with Crippen molar-refractivity contribution in [1.82, 2.24) is 9.97 Å². The third kappa shape index (κ3) is 3.05. The van der Waals surface area contributed by atoms with Crippen LogP contribution in [0.25, 0.3) is 0 Å². The molecule has 0 radical (unpaired) electrons. The molecule has 0 bridgehead atoms. The van der Waals surface area contributed by atoms with Crippen molar-refractivity contribution in [2.75, 3.05) is 23.7 Å². The van der Waals surface area contributed by atoms with E-state index in [9.17, 15) is 0 Å². The summed E-state index contributed by atoms with van der Waals surface area (Å²) in [7, 11) is 0. The van der Waals surface area contributed by atoms with Gasteiger partial charge in [0.25, 0.3) is 0 Å². The molecule has 20 heavy (non-hydrogen) atoms. The van der Waals surface area contributed by atoms with Gasteiger partial charge in [0.2, 0.25) is 0 Å². The van der Waals surface area contributed by atoms with E-state index in [-0.39, 0.29) is 0 Å². The molecule has 2 aliphatic rings. The van der Waals surface area contributed by atoms with Crippen LogP contribution < -0.4 is 10.6 Å².